The van der Waals surface area contributed by atoms with Crippen molar-refractivity contribution < 1.29 is 22.7 Å². The maximum Gasteiger partial charge on any atom is 0.435 e. The van der Waals surface area contributed by atoms with Gasteiger partial charge in [-0.2, -0.15) is 13.2 Å². The van der Waals surface area contributed by atoms with Gasteiger partial charge in [0.25, 0.3) is 0 Å². The summed E-state index contributed by atoms with van der Waals surface area (Å²) in [4.78, 5) is 14.8. The van der Waals surface area contributed by atoms with Crippen LogP contribution >= 0.6 is 11.3 Å². The highest BCUT2D eigenvalue weighted by Gasteiger charge is 2.41. The molecule has 1 aromatic rings. The predicted molar refractivity (Wildman–Crippen MR) is 71.0 cm³/mol. The van der Waals surface area contributed by atoms with Gasteiger partial charge in [0.05, 0.1) is 0 Å². The number of carbonyl (C=O) groups is 1. The summed E-state index contributed by atoms with van der Waals surface area (Å²) in [6, 6.07) is -0.0891. The molecule has 4 nitrogen and oxygen atoms in total. The van der Waals surface area contributed by atoms with Crippen LogP contribution in [0.1, 0.15) is 50.0 Å². The van der Waals surface area contributed by atoms with Crippen molar-refractivity contribution >= 4 is 22.4 Å². The van der Waals surface area contributed by atoms with Crippen molar-refractivity contribution in [3.05, 3.63) is 10.6 Å². The van der Waals surface area contributed by atoms with Crippen LogP contribution in [0.2, 0.25) is 0 Å². The van der Waals surface area contributed by atoms with E-state index in [1.165, 1.54) is 0 Å². The Balaban J connectivity index is 3.16. The van der Waals surface area contributed by atoms with Gasteiger partial charge in [0.1, 0.15) is 10.5 Å². The molecule has 0 bridgehead atoms. The fourth-order valence-corrected chi connectivity index (χ4v) is 2.29. The lowest BCUT2D eigenvalue weighted by atomic mass is 10.2. The van der Waals surface area contributed by atoms with Crippen LogP contribution in [0, 0.1) is 0 Å². The second-order valence-corrected chi connectivity index (χ2v) is 6.49. The van der Waals surface area contributed by atoms with Gasteiger partial charge in [0.2, 0.25) is 0 Å². The molecule has 114 valence electrons. The van der Waals surface area contributed by atoms with Gasteiger partial charge in [-0.1, -0.05) is 11.3 Å². The summed E-state index contributed by atoms with van der Waals surface area (Å²) in [6.45, 7) is 8.30. The number of thiazole rings is 1. The van der Waals surface area contributed by atoms with Crippen molar-refractivity contribution in [3.8, 4) is 0 Å². The molecule has 0 unspecified atom stereocenters. The summed E-state index contributed by atoms with van der Waals surface area (Å²) in [5, 5.41) is 2.80. The standard InChI is InChI=1S/C12H17F3N2O2S/c1-6(2)16-10-17-8(12(13,14)15)7(20-10)9(18)19-11(3,4)5/h6H,1-5H3,(H,16,17). The van der Waals surface area contributed by atoms with Crippen molar-refractivity contribution in [1.29, 1.82) is 0 Å². The van der Waals surface area contributed by atoms with Crippen LogP contribution in [-0.2, 0) is 10.9 Å². The second-order valence-electron chi connectivity index (χ2n) is 5.50. The van der Waals surface area contributed by atoms with E-state index in [0.717, 1.165) is 0 Å². The molecule has 0 saturated heterocycles. The first kappa shape index (κ1) is 16.7. The average Bonchev–Trinajstić information content (AvgIpc) is 2.57. The van der Waals surface area contributed by atoms with Crippen LogP contribution in [0.5, 0.6) is 0 Å². The third-order valence-corrected chi connectivity index (χ3v) is 2.86. The van der Waals surface area contributed by atoms with Gasteiger partial charge in [-0.25, -0.2) is 9.78 Å². The lowest BCUT2D eigenvalue weighted by molar-refractivity contribution is -0.141. The molecular weight excluding hydrogens is 293 g/mol. The highest BCUT2D eigenvalue weighted by atomic mass is 32.1. The largest absolute Gasteiger partial charge is 0.456 e. The highest BCUT2D eigenvalue weighted by molar-refractivity contribution is 7.17. The lowest BCUT2D eigenvalue weighted by Gasteiger charge is -2.19. The number of hydrogen-bond acceptors (Lipinski definition) is 5. The van der Waals surface area contributed by atoms with Crippen LogP contribution < -0.4 is 5.32 Å². The SMILES string of the molecule is CC(C)Nc1nc(C(F)(F)F)c(C(=O)OC(C)(C)C)s1. The van der Waals surface area contributed by atoms with E-state index in [2.05, 4.69) is 10.3 Å². The molecule has 1 heterocycles. The lowest BCUT2D eigenvalue weighted by Crippen LogP contribution is -2.25. The van der Waals surface area contributed by atoms with Crippen molar-refractivity contribution in [1.82, 2.24) is 4.98 Å². The van der Waals surface area contributed by atoms with E-state index in [-0.39, 0.29) is 11.2 Å². The van der Waals surface area contributed by atoms with Gasteiger partial charge in [-0.05, 0) is 34.6 Å². The maximum absolute atomic E-state index is 12.9. The van der Waals surface area contributed by atoms with Gasteiger partial charge >= 0.3 is 12.1 Å². The van der Waals surface area contributed by atoms with E-state index in [1.54, 1.807) is 34.6 Å². The topological polar surface area (TPSA) is 51.2 Å². The van der Waals surface area contributed by atoms with E-state index in [1.807, 2.05) is 0 Å². The van der Waals surface area contributed by atoms with Crippen LogP contribution in [0.15, 0.2) is 0 Å². The fraction of sp³-hybridized carbons (Fsp3) is 0.667. The first-order valence-corrected chi connectivity index (χ1v) is 6.79. The minimum absolute atomic E-state index is 0.0492. The molecule has 0 spiro atoms. The van der Waals surface area contributed by atoms with E-state index in [9.17, 15) is 18.0 Å². The van der Waals surface area contributed by atoms with Crippen molar-refractivity contribution in [2.75, 3.05) is 5.32 Å². The molecule has 0 radical (unpaired) electrons. The van der Waals surface area contributed by atoms with Gasteiger partial charge in [0, 0.05) is 6.04 Å². The van der Waals surface area contributed by atoms with Gasteiger partial charge in [-0.3, -0.25) is 0 Å². The zero-order chi connectivity index (χ0) is 15.7. The van der Waals surface area contributed by atoms with Gasteiger partial charge in [-0.15, -0.1) is 0 Å². The minimum atomic E-state index is -4.69. The molecule has 1 aromatic heterocycles. The number of nitrogens with zero attached hydrogens (tertiary/aromatic N) is 1. The summed E-state index contributed by atoms with van der Waals surface area (Å²) >= 11 is 0.647. The molecule has 0 atom stereocenters. The summed E-state index contributed by atoms with van der Waals surface area (Å²) in [6.07, 6.45) is -4.69. The molecular formula is C12H17F3N2O2S. The molecule has 0 aliphatic carbocycles. The summed E-state index contributed by atoms with van der Waals surface area (Å²) < 4.78 is 43.7. The van der Waals surface area contributed by atoms with Gasteiger partial charge < -0.3 is 10.1 Å². The maximum atomic E-state index is 12.9. The molecule has 1 N–H and O–H groups in total. The molecule has 0 fully saturated rings. The van der Waals surface area contributed by atoms with Gasteiger partial charge in [0.15, 0.2) is 10.8 Å². The Bertz CT molecular complexity index is 490. The number of esters is 1. The number of nitrogens with one attached hydrogen (secondary N) is 1. The summed E-state index contributed by atoms with van der Waals surface area (Å²) in [5.74, 6) is -1.01. The van der Waals surface area contributed by atoms with Crippen LogP contribution in [-0.4, -0.2) is 22.6 Å². The Labute approximate surface area is 119 Å². The Morgan fingerprint density at radius 1 is 1.30 bits per heavy atom. The third kappa shape index (κ3) is 4.66. The summed E-state index contributed by atoms with van der Waals surface area (Å²) in [7, 11) is 0. The number of anilines is 1. The molecule has 1 rings (SSSR count). The van der Waals surface area contributed by atoms with Crippen LogP contribution in [0.4, 0.5) is 18.3 Å². The minimum Gasteiger partial charge on any atom is -0.456 e. The highest BCUT2D eigenvalue weighted by Crippen LogP contribution is 2.37. The second kappa shape index (κ2) is 5.59. The Hall–Kier alpha value is -1.31. The zero-order valence-corrected chi connectivity index (χ0v) is 12.7. The summed E-state index contributed by atoms with van der Waals surface area (Å²) in [5.41, 5.74) is -2.07. The number of alkyl halides is 3. The molecule has 0 aliphatic rings. The first-order chi connectivity index (χ1) is 8.90. The van der Waals surface area contributed by atoms with Crippen molar-refractivity contribution in [3.63, 3.8) is 0 Å². The third-order valence-electron chi connectivity index (χ3n) is 1.89. The van der Waals surface area contributed by atoms with E-state index >= 15 is 0 Å². The molecule has 0 amide bonds. The molecule has 20 heavy (non-hydrogen) atoms. The number of aromatic nitrogens is 1. The van der Waals surface area contributed by atoms with E-state index < -0.39 is 28.3 Å². The molecule has 0 saturated carbocycles. The van der Waals surface area contributed by atoms with E-state index in [4.69, 9.17) is 4.74 Å². The molecule has 8 heteroatoms. The smallest absolute Gasteiger partial charge is 0.435 e. The van der Waals surface area contributed by atoms with Crippen molar-refractivity contribution in [2.24, 2.45) is 0 Å². The van der Waals surface area contributed by atoms with Crippen LogP contribution in [0.3, 0.4) is 0 Å². The number of hydrogen-bond donors (Lipinski definition) is 1. The number of rotatable bonds is 3. The van der Waals surface area contributed by atoms with Crippen molar-refractivity contribution in [2.45, 2.75) is 52.4 Å². The first-order valence-electron chi connectivity index (χ1n) is 5.98. The number of halogens is 3. The van der Waals surface area contributed by atoms with E-state index in [0.29, 0.717) is 11.3 Å². The Kier molecular flexibility index (Phi) is 4.68. The fourth-order valence-electron chi connectivity index (χ4n) is 1.28. The molecule has 0 aliphatic heterocycles. The normalized spacial score (nSPS) is 12.7. The molecule has 0 aromatic carbocycles. The van der Waals surface area contributed by atoms with Crippen LogP contribution in [0.25, 0.3) is 0 Å². The number of ether oxygens (including phenoxy) is 1. The quantitative estimate of drug-likeness (QED) is 0.859. The predicted octanol–water partition coefficient (Wildman–Crippen LogP) is 3.94. The average molecular weight is 310 g/mol. The Morgan fingerprint density at radius 3 is 2.25 bits per heavy atom. The Morgan fingerprint density at radius 2 is 1.85 bits per heavy atom. The monoisotopic (exact) mass is 310 g/mol. The zero-order valence-electron chi connectivity index (χ0n) is 11.9. The number of carbonyl (C=O) groups excluding carboxylic acids is 1.